The van der Waals surface area contributed by atoms with E-state index >= 15 is 0 Å². The number of hydrogen-bond donors (Lipinski definition) is 1. The molecule has 0 radical (unpaired) electrons. The van der Waals surface area contributed by atoms with Gasteiger partial charge in [0, 0.05) is 19.1 Å². The molecule has 0 aliphatic carbocycles. The van der Waals surface area contributed by atoms with E-state index in [9.17, 15) is 16.8 Å². The van der Waals surface area contributed by atoms with Gasteiger partial charge in [-0.25, -0.2) is 16.8 Å². The molecule has 1 saturated heterocycles. The molecular weight excluding hydrogens is 384 g/mol. The van der Waals surface area contributed by atoms with Crippen molar-refractivity contribution in [3.8, 4) is 0 Å². The lowest BCUT2D eigenvalue weighted by Crippen LogP contribution is -2.39. The zero-order chi connectivity index (χ0) is 19.7. The quantitative estimate of drug-likeness (QED) is 0.785. The average molecular weight is 409 g/mol. The van der Waals surface area contributed by atoms with Gasteiger partial charge in [-0.1, -0.05) is 42.5 Å². The fourth-order valence-corrected chi connectivity index (χ4v) is 6.51. The van der Waals surface area contributed by atoms with Gasteiger partial charge in [-0.2, -0.15) is 4.31 Å². The van der Waals surface area contributed by atoms with Crippen molar-refractivity contribution in [1.29, 1.82) is 0 Å². The zero-order valence-electron chi connectivity index (χ0n) is 15.2. The third-order valence-electron chi connectivity index (χ3n) is 4.97. The summed E-state index contributed by atoms with van der Waals surface area (Å²) in [4.78, 5) is 0.182. The minimum absolute atomic E-state index is 0.0171. The van der Waals surface area contributed by atoms with Crippen molar-refractivity contribution in [3.63, 3.8) is 0 Å². The summed E-state index contributed by atoms with van der Waals surface area (Å²) in [5, 5.41) is 0. The number of nitrogens with zero attached hydrogens (tertiary/aromatic N) is 1. The van der Waals surface area contributed by atoms with Crippen LogP contribution in [0.3, 0.4) is 0 Å². The van der Waals surface area contributed by atoms with Crippen molar-refractivity contribution in [3.05, 3.63) is 65.7 Å². The van der Waals surface area contributed by atoms with Crippen molar-refractivity contribution < 1.29 is 16.8 Å². The Hall–Kier alpha value is -1.74. The molecule has 0 spiro atoms. The molecular formula is C19H24N2O4S2. The van der Waals surface area contributed by atoms with Gasteiger partial charge >= 0.3 is 0 Å². The first-order valence-electron chi connectivity index (χ1n) is 8.74. The Morgan fingerprint density at radius 1 is 1.04 bits per heavy atom. The molecule has 146 valence electrons. The lowest BCUT2D eigenvalue weighted by Gasteiger charge is -2.22. The molecule has 1 fully saturated rings. The summed E-state index contributed by atoms with van der Waals surface area (Å²) in [7, 11) is -7.15. The molecule has 0 bridgehead atoms. The number of nitrogens with two attached hydrogens (primary N) is 1. The first kappa shape index (κ1) is 20.0. The fraction of sp³-hybridized carbons (Fsp3) is 0.368. The highest BCUT2D eigenvalue weighted by Gasteiger charge is 2.40. The van der Waals surface area contributed by atoms with Gasteiger partial charge in [0.15, 0.2) is 9.84 Å². The van der Waals surface area contributed by atoms with Crippen LogP contribution >= 0.6 is 0 Å². The molecule has 2 aromatic rings. The lowest BCUT2D eigenvalue weighted by atomic mass is 9.97. The van der Waals surface area contributed by atoms with Gasteiger partial charge in [0.25, 0.3) is 0 Å². The summed E-state index contributed by atoms with van der Waals surface area (Å²) in [5.74, 6) is -0.256. The van der Waals surface area contributed by atoms with Crippen molar-refractivity contribution in [2.45, 2.75) is 29.8 Å². The Balaban J connectivity index is 1.88. The van der Waals surface area contributed by atoms with Crippen molar-refractivity contribution in [2.24, 2.45) is 5.73 Å². The van der Waals surface area contributed by atoms with E-state index in [1.807, 2.05) is 30.3 Å². The third-order valence-corrected chi connectivity index (χ3v) is 8.06. The van der Waals surface area contributed by atoms with Crippen LogP contribution in [0.1, 0.15) is 23.5 Å². The minimum atomic E-state index is -3.64. The molecule has 0 amide bonds. The van der Waals surface area contributed by atoms with Gasteiger partial charge in [0.2, 0.25) is 10.0 Å². The van der Waals surface area contributed by atoms with Crippen LogP contribution in [-0.4, -0.2) is 45.7 Å². The van der Waals surface area contributed by atoms with Crippen LogP contribution < -0.4 is 5.73 Å². The maximum Gasteiger partial charge on any atom is 0.211 e. The van der Waals surface area contributed by atoms with E-state index in [1.54, 1.807) is 18.2 Å². The SMILES string of the molecule is CS(=O)(=O)N1CC(c2ccccc2)CC1CS(=O)(=O)c1cccc(CN)c1. The Labute approximate surface area is 161 Å². The molecule has 6 nitrogen and oxygen atoms in total. The molecule has 0 aromatic heterocycles. The number of hydrogen-bond acceptors (Lipinski definition) is 5. The van der Waals surface area contributed by atoms with Crippen molar-refractivity contribution in [1.82, 2.24) is 4.31 Å². The van der Waals surface area contributed by atoms with Crippen molar-refractivity contribution >= 4 is 19.9 Å². The van der Waals surface area contributed by atoms with Gasteiger partial charge < -0.3 is 5.73 Å². The van der Waals surface area contributed by atoms with Crippen LogP contribution in [0, 0.1) is 0 Å². The molecule has 1 aliphatic heterocycles. The topological polar surface area (TPSA) is 97.5 Å². The van der Waals surface area contributed by atoms with Gasteiger partial charge in [0.1, 0.15) is 0 Å². The Kier molecular flexibility index (Phi) is 5.71. The second-order valence-corrected chi connectivity index (χ2v) is 10.9. The first-order valence-corrected chi connectivity index (χ1v) is 12.2. The Morgan fingerprint density at radius 3 is 2.37 bits per heavy atom. The predicted molar refractivity (Wildman–Crippen MR) is 106 cm³/mol. The van der Waals surface area contributed by atoms with Gasteiger partial charge in [-0.15, -0.1) is 0 Å². The maximum atomic E-state index is 12.9. The van der Waals surface area contributed by atoms with Crippen LogP contribution in [0.15, 0.2) is 59.5 Å². The Morgan fingerprint density at radius 2 is 1.74 bits per heavy atom. The monoisotopic (exact) mass is 408 g/mol. The first-order chi connectivity index (χ1) is 12.7. The Bertz CT molecular complexity index is 1010. The van der Waals surface area contributed by atoms with E-state index in [0.29, 0.717) is 13.0 Å². The highest BCUT2D eigenvalue weighted by molar-refractivity contribution is 7.91. The van der Waals surface area contributed by atoms with Gasteiger partial charge in [-0.05, 0) is 35.6 Å². The number of sulfone groups is 1. The number of sulfonamides is 1. The second kappa shape index (κ2) is 7.71. The summed E-state index contributed by atoms with van der Waals surface area (Å²) in [6, 6.07) is 15.5. The van der Waals surface area contributed by atoms with E-state index in [4.69, 9.17) is 5.73 Å². The maximum absolute atomic E-state index is 12.9. The number of rotatable bonds is 6. The standard InChI is InChI=1S/C19H24N2O4S2/c1-26(22,23)21-13-17(16-7-3-2-4-8-16)11-18(21)14-27(24,25)19-9-5-6-15(10-19)12-20/h2-10,17-18H,11-14,20H2,1H3. The molecule has 2 atom stereocenters. The molecule has 0 saturated carbocycles. The van der Waals surface area contributed by atoms with Crippen LogP contribution in [0.2, 0.25) is 0 Å². The number of benzene rings is 2. The van der Waals surface area contributed by atoms with E-state index in [1.165, 1.54) is 10.4 Å². The highest BCUT2D eigenvalue weighted by Crippen LogP contribution is 2.34. The largest absolute Gasteiger partial charge is 0.326 e. The predicted octanol–water partition coefficient (Wildman–Crippen LogP) is 1.74. The fourth-order valence-electron chi connectivity index (χ4n) is 3.63. The van der Waals surface area contributed by atoms with Crippen LogP contribution in [-0.2, 0) is 26.4 Å². The molecule has 1 heterocycles. The molecule has 2 N–H and O–H groups in total. The smallest absolute Gasteiger partial charge is 0.211 e. The van der Waals surface area contributed by atoms with E-state index in [-0.39, 0.29) is 23.1 Å². The van der Waals surface area contributed by atoms with E-state index in [0.717, 1.165) is 17.4 Å². The second-order valence-electron chi connectivity index (χ2n) is 6.96. The van der Waals surface area contributed by atoms with Gasteiger partial charge in [0.05, 0.1) is 16.9 Å². The minimum Gasteiger partial charge on any atom is -0.326 e. The molecule has 1 aliphatic rings. The molecule has 8 heteroatoms. The van der Waals surface area contributed by atoms with E-state index in [2.05, 4.69) is 0 Å². The highest BCUT2D eigenvalue weighted by atomic mass is 32.2. The molecule has 2 unspecified atom stereocenters. The summed E-state index contributed by atoms with van der Waals surface area (Å²) in [6.45, 7) is 0.546. The zero-order valence-corrected chi connectivity index (χ0v) is 16.8. The summed E-state index contributed by atoms with van der Waals surface area (Å²) in [6.07, 6.45) is 1.61. The third kappa shape index (κ3) is 4.57. The van der Waals surface area contributed by atoms with Gasteiger partial charge in [-0.3, -0.25) is 0 Å². The lowest BCUT2D eigenvalue weighted by molar-refractivity contribution is 0.410. The van der Waals surface area contributed by atoms with Crippen LogP contribution in [0.25, 0.3) is 0 Å². The summed E-state index contributed by atoms with van der Waals surface area (Å²) >= 11 is 0. The molecule has 2 aromatic carbocycles. The molecule has 3 rings (SSSR count). The van der Waals surface area contributed by atoms with Crippen LogP contribution in [0.4, 0.5) is 0 Å². The van der Waals surface area contributed by atoms with Crippen LogP contribution in [0.5, 0.6) is 0 Å². The average Bonchev–Trinajstić information content (AvgIpc) is 3.06. The van der Waals surface area contributed by atoms with E-state index < -0.39 is 25.9 Å². The molecule has 27 heavy (non-hydrogen) atoms. The summed E-state index contributed by atoms with van der Waals surface area (Å²) in [5.41, 5.74) is 7.36. The normalized spacial score (nSPS) is 21.4. The van der Waals surface area contributed by atoms with Crippen molar-refractivity contribution in [2.75, 3.05) is 18.6 Å². The summed E-state index contributed by atoms with van der Waals surface area (Å²) < 4.78 is 51.7.